The summed E-state index contributed by atoms with van der Waals surface area (Å²) in [6, 6.07) is 11.5. The van der Waals surface area contributed by atoms with E-state index in [0.717, 1.165) is 37.0 Å². The molecule has 0 radical (unpaired) electrons. The van der Waals surface area contributed by atoms with Crippen molar-refractivity contribution in [3.8, 4) is 0 Å². The second-order valence-electron chi connectivity index (χ2n) is 8.18. The third-order valence-electron chi connectivity index (χ3n) is 5.99. The summed E-state index contributed by atoms with van der Waals surface area (Å²) in [6.07, 6.45) is 5.62. The van der Waals surface area contributed by atoms with Crippen LogP contribution in [0.1, 0.15) is 66.6 Å². The molecule has 3 rings (SSSR count). The highest BCUT2D eigenvalue weighted by molar-refractivity contribution is 6.03. The first-order valence-corrected chi connectivity index (χ1v) is 10.7. The van der Waals surface area contributed by atoms with Crippen LogP contribution in [0.4, 0.5) is 0 Å². The van der Waals surface area contributed by atoms with Crippen molar-refractivity contribution in [3.05, 3.63) is 99.8 Å². The average molecular weight is 384 g/mol. The van der Waals surface area contributed by atoms with Gasteiger partial charge >= 0.3 is 0 Å². The molecule has 0 aliphatic heterocycles. The zero-order chi connectivity index (χ0) is 21.1. The number of allylic oxidation sites excluding steroid dienone is 3. The van der Waals surface area contributed by atoms with Crippen LogP contribution in [0.5, 0.6) is 0 Å². The largest absolute Gasteiger partial charge is 0.261 e. The molecule has 0 N–H and O–H groups in total. The van der Waals surface area contributed by atoms with E-state index in [1.807, 2.05) is 0 Å². The molecular formula is C28H33N. The van der Waals surface area contributed by atoms with Gasteiger partial charge in [0.25, 0.3) is 0 Å². The van der Waals surface area contributed by atoms with Gasteiger partial charge in [-0.1, -0.05) is 62.4 Å². The van der Waals surface area contributed by atoms with Gasteiger partial charge in [0, 0.05) is 12.6 Å². The van der Waals surface area contributed by atoms with Crippen molar-refractivity contribution in [2.75, 3.05) is 0 Å². The first-order valence-electron chi connectivity index (χ1n) is 10.7. The molecule has 0 fully saturated rings. The van der Waals surface area contributed by atoms with E-state index in [4.69, 9.17) is 0 Å². The third-order valence-corrected chi connectivity index (χ3v) is 5.99. The van der Waals surface area contributed by atoms with Gasteiger partial charge in [0.05, 0.1) is 5.71 Å². The normalized spacial score (nSPS) is 13.6. The zero-order valence-electron chi connectivity index (χ0n) is 18.7. The fourth-order valence-corrected chi connectivity index (χ4v) is 4.64. The van der Waals surface area contributed by atoms with Crippen molar-refractivity contribution in [2.24, 2.45) is 4.99 Å². The van der Waals surface area contributed by atoms with Crippen molar-refractivity contribution in [2.45, 2.75) is 60.3 Å². The fourth-order valence-electron chi connectivity index (χ4n) is 4.64. The van der Waals surface area contributed by atoms with Gasteiger partial charge in [0.1, 0.15) is 0 Å². The van der Waals surface area contributed by atoms with Crippen LogP contribution in [0.2, 0.25) is 0 Å². The van der Waals surface area contributed by atoms with E-state index >= 15 is 0 Å². The molecule has 1 nitrogen and oxygen atoms in total. The van der Waals surface area contributed by atoms with E-state index < -0.39 is 0 Å². The smallest absolute Gasteiger partial charge is 0.0522 e. The first-order chi connectivity index (χ1) is 13.9. The van der Waals surface area contributed by atoms with Crippen LogP contribution in [0, 0.1) is 6.92 Å². The lowest BCUT2D eigenvalue weighted by atomic mass is 9.91. The molecule has 1 aliphatic carbocycles. The highest BCUT2D eigenvalue weighted by Gasteiger charge is 2.20. The molecule has 0 saturated carbocycles. The lowest BCUT2D eigenvalue weighted by molar-refractivity contribution is 1.03. The molecule has 2 aromatic carbocycles. The zero-order valence-corrected chi connectivity index (χ0v) is 18.7. The summed E-state index contributed by atoms with van der Waals surface area (Å²) in [5, 5.41) is 0. The number of nitrogens with zero attached hydrogens (tertiary/aromatic N) is 1. The third kappa shape index (κ3) is 4.19. The van der Waals surface area contributed by atoms with E-state index in [1.54, 1.807) is 6.20 Å². The Balaban J connectivity index is 1.97. The number of hydrogen-bond acceptors (Lipinski definition) is 1. The van der Waals surface area contributed by atoms with Gasteiger partial charge in [0.2, 0.25) is 0 Å². The Bertz CT molecular complexity index is 1030. The van der Waals surface area contributed by atoms with E-state index in [1.165, 1.54) is 50.1 Å². The Morgan fingerprint density at radius 2 is 1.76 bits per heavy atom. The maximum Gasteiger partial charge on any atom is 0.0522 e. The molecule has 1 aliphatic rings. The number of fused-ring (bicyclic) bond motifs is 1. The molecule has 0 bridgehead atoms. The number of rotatable bonds is 7. The molecule has 0 atom stereocenters. The lowest BCUT2D eigenvalue weighted by Gasteiger charge is -2.15. The molecule has 0 spiro atoms. The maximum absolute atomic E-state index is 4.69. The quantitative estimate of drug-likeness (QED) is 0.448. The minimum Gasteiger partial charge on any atom is -0.261 e. The van der Waals surface area contributed by atoms with Crippen LogP contribution in [0.15, 0.2) is 65.8 Å². The van der Waals surface area contributed by atoms with Gasteiger partial charge in [-0.25, -0.2) is 0 Å². The van der Waals surface area contributed by atoms with Crippen LogP contribution < -0.4 is 0 Å². The summed E-state index contributed by atoms with van der Waals surface area (Å²) in [6.45, 7) is 19.0. The van der Waals surface area contributed by atoms with E-state index in [-0.39, 0.29) is 0 Å². The highest BCUT2D eigenvalue weighted by atomic mass is 14.7. The van der Waals surface area contributed by atoms with Crippen molar-refractivity contribution in [1.82, 2.24) is 0 Å². The molecule has 0 amide bonds. The number of aliphatic imine (C=N–C) groups is 1. The first kappa shape index (κ1) is 21.0. The van der Waals surface area contributed by atoms with Crippen LogP contribution >= 0.6 is 0 Å². The predicted molar refractivity (Wildman–Crippen MR) is 128 cm³/mol. The molecule has 2 aromatic rings. The van der Waals surface area contributed by atoms with Crippen molar-refractivity contribution < 1.29 is 0 Å². The molecular weight excluding hydrogens is 350 g/mol. The van der Waals surface area contributed by atoms with Crippen LogP contribution in [-0.2, 0) is 25.7 Å². The SMILES string of the molecule is C=C/N=C(/Cc1ccc2c(c1)CC(C)=C2C(=C)C)c1cc(CC)c(CC)cc1C. The summed E-state index contributed by atoms with van der Waals surface area (Å²) in [7, 11) is 0. The summed E-state index contributed by atoms with van der Waals surface area (Å²) in [5.74, 6) is 0. The number of aryl methyl sites for hydroxylation is 3. The van der Waals surface area contributed by atoms with Crippen LogP contribution in [0.25, 0.3) is 5.57 Å². The number of benzene rings is 2. The summed E-state index contributed by atoms with van der Waals surface area (Å²) in [5.41, 5.74) is 14.5. The monoisotopic (exact) mass is 383 g/mol. The summed E-state index contributed by atoms with van der Waals surface area (Å²) in [4.78, 5) is 4.69. The summed E-state index contributed by atoms with van der Waals surface area (Å²) >= 11 is 0. The van der Waals surface area contributed by atoms with Crippen molar-refractivity contribution >= 4 is 11.3 Å². The minimum atomic E-state index is 0.816. The topological polar surface area (TPSA) is 12.4 Å². The molecule has 29 heavy (non-hydrogen) atoms. The van der Waals surface area contributed by atoms with Crippen molar-refractivity contribution in [1.29, 1.82) is 0 Å². The van der Waals surface area contributed by atoms with Gasteiger partial charge in [-0.3, -0.25) is 4.99 Å². The van der Waals surface area contributed by atoms with E-state index in [9.17, 15) is 0 Å². The molecule has 1 heteroatoms. The number of hydrogen-bond donors (Lipinski definition) is 0. The van der Waals surface area contributed by atoms with E-state index in [0.29, 0.717) is 0 Å². The average Bonchev–Trinajstić information content (AvgIpc) is 3.02. The standard InChI is InChI=1S/C28H33N/c1-8-22-13-19(6)26(17-23(22)9-2)27(29-10-3)16-21-11-12-25-24(15-21)14-20(7)28(25)18(4)5/h10-13,15,17H,3-4,8-9,14,16H2,1-2,5-7H3/b29-27-. The molecule has 0 unspecified atom stereocenters. The Hall–Kier alpha value is -2.67. The highest BCUT2D eigenvalue weighted by Crippen LogP contribution is 2.37. The lowest BCUT2D eigenvalue weighted by Crippen LogP contribution is -2.09. The van der Waals surface area contributed by atoms with Gasteiger partial charge in [0.15, 0.2) is 0 Å². The van der Waals surface area contributed by atoms with Gasteiger partial charge in [-0.2, -0.15) is 0 Å². The van der Waals surface area contributed by atoms with Gasteiger partial charge in [-0.15, -0.1) is 0 Å². The second kappa shape index (κ2) is 8.78. The maximum atomic E-state index is 4.69. The Morgan fingerprint density at radius 3 is 2.38 bits per heavy atom. The summed E-state index contributed by atoms with van der Waals surface area (Å²) < 4.78 is 0. The molecule has 0 aromatic heterocycles. The van der Waals surface area contributed by atoms with Crippen LogP contribution in [-0.4, -0.2) is 5.71 Å². The molecule has 0 saturated heterocycles. The predicted octanol–water partition coefficient (Wildman–Crippen LogP) is 7.20. The van der Waals surface area contributed by atoms with Crippen LogP contribution in [0.3, 0.4) is 0 Å². The molecule has 150 valence electrons. The second-order valence-corrected chi connectivity index (χ2v) is 8.18. The minimum absolute atomic E-state index is 0.816. The van der Waals surface area contributed by atoms with Crippen molar-refractivity contribution in [3.63, 3.8) is 0 Å². The van der Waals surface area contributed by atoms with E-state index in [2.05, 4.69) is 83.1 Å². The Kier molecular flexibility index (Phi) is 6.37. The fraction of sp³-hybridized carbons (Fsp3) is 0.321. The van der Waals surface area contributed by atoms with Gasteiger partial charge in [-0.05, 0) is 90.6 Å². The Labute approximate surface area is 176 Å². The van der Waals surface area contributed by atoms with Gasteiger partial charge < -0.3 is 0 Å². The molecule has 0 heterocycles. The Morgan fingerprint density at radius 1 is 1.07 bits per heavy atom.